The molecule has 0 radical (unpaired) electrons. The standard InChI is InChI=1S/C15H15ClF3N3O2/c16-13-12(20-7-4-8-24-10-15(17,18)19)9-21-22(14(13)23)11-5-2-1-3-6-11/h1-3,5-6,9,20H,4,7-8,10H2. The Hall–Kier alpha value is -2.06. The van der Waals surface area contributed by atoms with Crippen molar-refractivity contribution >= 4 is 17.3 Å². The fourth-order valence-corrected chi connectivity index (χ4v) is 2.09. The largest absolute Gasteiger partial charge is 0.411 e. The lowest BCUT2D eigenvalue weighted by molar-refractivity contribution is -0.173. The highest BCUT2D eigenvalue weighted by Crippen LogP contribution is 2.17. The van der Waals surface area contributed by atoms with Gasteiger partial charge in [-0.25, -0.2) is 0 Å². The van der Waals surface area contributed by atoms with E-state index in [4.69, 9.17) is 11.6 Å². The molecule has 2 rings (SSSR count). The SMILES string of the molecule is O=c1c(Cl)c(NCCCOCC(F)(F)F)cnn1-c1ccccc1. The Morgan fingerprint density at radius 3 is 2.62 bits per heavy atom. The Morgan fingerprint density at radius 1 is 1.25 bits per heavy atom. The van der Waals surface area contributed by atoms with Crippen molar-refractivity contribution < 1.29 is 17.9 Å². The molecule has 24 heavy (non-hydrogen) atoms. The Bertz CT molecular complexity index is 720. The Balaban J connectivity index is 1.91. The van der Waals surface area contributed by atoms with Crippen molar-refractivity contribution in [1.82, 2.24) is 9.78 Å². The number of para-hydroxylation sites is 1. The lowest BCUT2D eigenvalue weighted by Crippen LogP contribution is -2.23. The number of anilines is 1. The van der Waals surface area contributed by atoms with Gasteiger partial charge in [-0.15, -0.1) is 0 Å². The Labute approximate surface area is 141 Å². The number of alkyl halides is 3. The first-order valence-corrected chi connectivity index (χ1v) is 7.48. The van der Waals surface area contributed by atoms with Crippen LogP contribution in [0.25, 0.3) is 5.69 Å². The maximum Gasteiger partial charge on any atom is 0.411 e. The van der Waals surface area contributed by atoms with Crippen LogP contribution in [0.4, 0.5) is 18.9 Å². The molecule has 1 aromatic carbocycles. The number of benzene rings is 1. The number of hydrogen-bond donors (Lipinski definition) is 1. The van der Waals surface area contributed by atoms with E-state index >= 15 is 0 Å². The first-order valence-electron chi connectivity index (χ1n) is 7.10. The third-order valence-corrected chi connectivity index (χ3v) is 3.33. The summed E-state index contributed by atoms with van der Waals surface area (Å²) in [7, 11) is 0. The van der Waals surface area contributed by atoms with Gasteiger partial charge in [0.25, 0.3) is 5.56 Å². The van der Waals surface area contributed by atoms with E-state index in [1.54, 1.807) is 24.3 Å². The average molecular weight is 362 g/mol. The first kappa shape index (κ1) is 18.3. The van der Waals surface area contributed by atoms with Gasteiger partial charge in [-0.1, -0.05) is 29.8 Å². The molecular weight excluding hydrogens is 347 g/mol. The van der Waals surface area contributed by atoms with Crippen molar-refractivity contribution in [2.75, 3.05) is 25.1 Å². The highest BCUT2D eigenvalue weighted by Gasteiger charge is 2.27. The zero-order valence-corrected chi connectivity index (χ0v) is 13.3. The van der Waals surface area contributed by atoms with Gasteiger partial charge in [-0.2, -0.15) is 23.0 Å². The normalized spacial score (nSPS) is 11.5. The number of halogens is 4. The van der Waals surface area contributed by atoms with Gasteiger partial charge in [0.15, 0.2) is 0 Å². The molecule has 2 aromatic rings. The third kappa shape index (κ3) is 5.24. The van der Waals surface area contributed by atoms with Crippen LogP contribution < -0.4 is 10.9 Å². The molecule has 0 fully saturated rings. The molecule has 0 unspecified atom stereocenters. The zero-order valence-electron chi connectivity index (χ0n) is 12.5. The van der Waals surface area contributed by atoms with Gasteiger partial charge in [0, 0.05) is 13.2 Å². The molecule has 1 aromatic heterocycles. The number of hydrogen-bond acceptors (Lipinski definition) is 4. The van der Waals surface area contributed by atoms with Gasteiger partial charge in [0.05, 0.1) is 17.6 Å². The van der Waals surface area contributed by atoms with E-state index in [9.17, 15) is 18.0 Å². The van der Waals surface area contributed by atoms with Crippen LogP contribution >= 0.6 is 11.6 Å². The highest BCUT2D eigenvalue weighted by atomic mass is 35.5. The van der Waals surface area contributed by atoms with Crippen LogP contribution in [-0.4, -0.2) is 35.7 Å². The molecule has 5 nitrogen and oxygen atoms in total. The summed E-state index contributed by atoms with van der Waals surface area (Å²) in [5.74, 6) is 0. The van der Waals surface area contributed by atoms with E-state index in [1.807, 2.05) is 6.07 Å². The van der Waals surface area contributed by atoms with E-state index in [0.29, 0.717) is 24.3 Å². The molecule has 0 aliphatic rings. The average Bonchev–Trinajstić information content (AvgIpc) is 2.54. The third-order valence-electron chi connectivity index (χ3n) is 2.97. The van der Waals surface area contributed by atoms with E-state index in [2.05, 4.69) is 15.2 Å². The summed E-state index contributed by atoms with van der Waals surface area (Å²) in [6.07, 6.45) is -2.61. The fraction of sp³-hybridized carbons (Fsp3) is 0.333. The van der Waals surface area contributed by atoms with Crippen molar-refractivity contribution in [3.63, 3.8) is 0 Å². The minimum Gasteiger partial charge on any atom is -0.382 e. The Morgan fingerprint density at radius 2 is 1.96 bits per heavy atom. The van der Waals surface area contributed by atoms with Crippen LogP contribution in [0.15, 0.2) is 41.3 Å². The molecule has 1 heterocycles. The minimum absolute atomic E-state index is 0.0370. The molecule has 0 amide bonds. The predicted octanol–water partition coefficient (Wildman–Crippen LogP) is 3.27. The summed E-state index contributed by atoms with van der Waals surface area (Å²) in [5, 5.41) is 6.86. The van der Waals surface area contributed by atoms with Crippen LogP contribution in [0.2, 0.25) is 5.02 Å². The summed E-state index contributed by atoms with van der Waals surface area (Å²) in [6, 6.07) is 8.79. The van der Waals surface area contributed by atoms with Gasteiger partial charge in [0.2, 0.25) is 0 Å². The van der Waals surface area contributed by atoms with E-state index in [0.717, 1.165) is 0 Å². The maximum absolute atomic E-state index is 12.2. The molecule has 9 heteroatoms. The summed E-state index contributed by atoms with van der Waals surface area (Å²) in [6.45, 7) is -1.03. The minimum atomic E-state index is -4.33. The van der Waals surface area contributed by atoms with Gasteiger partial charge < -0.3 is 10.1 Å². The molecule has 0 aliphatic heterocycles. The number of nitrogens with zero attached hydrogens (tertiary/aromatic N) is 2. The second kappa shape index (κ2) is 8.16. The molecule has 0 atom stereocenters. The lowest BCUT2D eigenvalue weighted by Gasteiger charge is -2.11. The second-order valence-electron chi connectivity index (χ2n) is 4.87. The quantitative estimate of drug-likeness (QED) is 0.769. The molecule has 1 N–H and O–H groups in total. The van der Waals surface area contributed by atoms with Crippen LogP contribution in [0.3, 0.4) is 0 Å². The van der Waals surface area contributed by atoms with Crippen LogP contribution in [-0.2, 0) is 4.74 Å². The zero-order chi connectivity index (χ0) is 17.6. The van der Waals surface area contributed by atoms with Crippen molar-refractivity contribution in [3.05, 3.63) is 51.9 Å². The number of rotatable bonds is 7. The molecular formula is C15H15ClF3N3O2. The van der Waals surface area contributed by atoms with Crippen LogP contribution in [0.5, 0.6) is 0 Å². The predicted molar refractivity (Wildman–Crippen MR) is 84.8 cm³/mol. The summed E-state index contributed by atoms with van der Waals surface area (Å²) in [4.78, 5) is 12.2. The Kier molecular flexibility index (Phi) is 6.22. The van der Waals surface area contributed by atoms with Crippen molar-refractivity contribution in [3.8, 4) is 5.69 Å². The number of aromatic nitrogens is 2. The summed E-state index contributed by atoms with van der Waals surface area (Å²) >= 11 is 6.03. The van der Waals surface area contributed by atoms with E-state index in [1.165, 1.54) is 10.9 Å². The van der Waals surface area contributed by atoms with Gasteiger partial charge >= 0.3 is 6.18 Å². The van der Waals surface area contributed by atoms with Crippen LogP contribution in [0.1, 0.15) is 6.42 Å². The summed E-state index contributed by atoms with van der Waals surface area (Å²) < 4.78 is 41.4. The summed E-state index contributed by atoms with van der Waals surface area (Å²) in [5.41, 5.74) is 0.419. The maximum atomic E-state index is 12.2. The lowest BCUT2D eigenvalue weighted by atomic mass is 10.3. The van der Waals surface area contributed by atoms with Gasteiger partial charge in [0.1, 0.15) is 11.6 Å². The fourth-order valence-electron chi connectivity index (χ4n) is 1.89. The monoisotopic (exact) mass is 361 g/mol. The molecule has 0 saturated carbocycles. The number of nitrogens with one attached hydrogen (secondary N) is 1. The van der Waals surface area contributed by atoms with Crippen molar-refractivity contribution in [2.24, 2.45) is 0 Å². The smallest absolute Gasteiger partial charge is 0.382 e. The van der Waals surface area contributed by atoms with Crippen molar-refractivity contribution in [1.29, 1.82) is 0 Å². The second-order valence-corrected chi connectivity index (χ2v) is 5.25. The topological polar surface area (TPSA) is 56.1 Å². The molecule has 0 aliphatic carbocycles. The van der Waals surface area contributed by atoms with E-state index < -0.39 is 18.3 Å². The number of ether oxygens (including phenoxy) is 1. The van der Waals surface area contributed by atoms with Gasteiger partial charge in [-0.05, 0) is 18.6 Å². The highest BCUT2D eigenvalue weighted by molar-refractivity contribution is 6.32. The first-order chi connectivity index (χ1) is 11.4. The van der Waals surface area contributed by atoms with E-state index in [-0.39, 0.29) is 11.6 Å². The molecule has 130 valence electrons. The molecule has 0 spiro atoms. The van der Waals surface area contributed by atoms with Crippen molar-refractivity contribution in [2.45, 2.75) is 12.6 Å². The van der Waals surface area contributed by atoms with Crippen LogP contribution in [0, 0.1) is 0 Å². The molecule has 0 saturated heterocycles. The van der Waals surface area contributed by atoms with Gasteiger partial charge in [-0.3, -0.25) is 4.79 Å². The molecule has 0 bridgehead atoms.